The van der Waals surface area contributed by atoms with Gasteiger partial charge in [0, 0.05) is 12.7 Å². The van der Waals surface area contributed by atoms with Crippen LogP contribution < -0.4 is 5.32 Å². The highest BCUT2D eigenvalue weighted by atomic mass is 79.9. The minimum Gasteiger partial charge on any atom is -0.369 e. The highest BCUT2D eigenvalue weighted by molar-refractivity contribution is 9.10. The van der Waals surface area contributed by atoms with Crippen LogP contribution in [0.1, 0.15) is 27.7 Å². The van der Waals surface area contributed by atoms with Crippen LogP contribution in [0.15, 0.2) is 22.8 Å². The first kappa shape index (κ1) is 11.9. The minimum absolute atomic E-state index is 0.432. The zero-order valence-corrected chi connectivity index (χ0v) is 11.9. The molecule has 0 spiro atoms. The van der Waals surface area contributed by atoms with Crippen molar-refractivity contribution in [2.75, 3.05) is 11.9 Å². The van der Waals surface area contributed by atoms with Crippen molar-refractivity contribution in [1.82, 2.24) is 4.98 Å². The first-order valence-corrected chi connectivity index (χ1v) is 6.51. The molecule has 0 amide bonds. The normalized spacial score (nSPS) is 21.8. The van der Waals surface area contributed by atoms with Gasteiger partial charge in [0.05, 0.1) is 4.47 Å². The Morgan fingerprint density at radius 3 is 2.44 bits per heavy atom. The molecule has 1 aliphatic carbocycles. The van der Waals surface area contributed by atoms with Gasteiger partial charge < -0.3 is 5.32 Å². The number of anilines is 1. The predicted octanol–water partition coefficient (Wildman–Crippen LogP) is 3.94. The van der Waals surface area contributed by atoms with E-state index in [-0.39, 0.29) is 0 Å². The number of rotatable bonds is 3. The van der Waals surface area contributed by atoms with Crippen LogP contribution in [0.25, 0.3) is 0 Å². The van der Waals surface area contributed by atoms with Crippen molar-refractivity contribution in [3.05, 3.63) is 22.8 Å². The minimum atomic E-state index is 0.432. The van der Waals surface area contributed by atoms with Crippen LogP contribution in [0.4, 0.5) is 5.82 Å². The van der Waals surface area contributed by atoms with Gasteiger partial charge in [0.15, 0.2) is 0 Å². The van der Waals surface area contributed by atoms with E-state index in [9.17, 15) is 0 Å². The third-order valence-electron chi connectivity index (χ3n) is 4.55. The summed E-state index contributed by atoms with van der Waals surface area (Å²) in [5, 5.41) is 3.43. The number of hydrogen-bond acceptors (Lipinski definition) is 2. The van der Waals surface area contributed by atoms with E-state index in [0.717, 1.165) is 16.8 Å². The van der Waals surface area contributed by atoms with Crippen molar-refractivity contribution in [1.29, 1.82) is 0 Å². The monoisotopic (exact) mass is 282 g/mol. The molecule has 0 aromatic carbocycles. The van der Waals surface area contributed by atoms with Gasteiger partial charge in [-0.25, -0.2) is 4.98 Å². The first-order chi connectivity index (χ1) is 7.37. The van der Waals surface area contributed by atoms with E-state index in [0.29, 0.717) is 16.7 Å². The number of pyridine rings is 1. The van der Waals surface area contributed by atoms with Crippen molar-refractivity contribution >= 4 is 21.7 Å². The third kappa shape index (κ3) is 1.75. The van der Waals surface area contributed by atoms with Gasteiger partial charge in [0.25, 0.3) is 0 Å². The van der Waals surface area contributed by atoms with Gasteiger partial charge in [-0.15, -0.1) is 0 Å². The zero-order chi connectivity index (χ0) is 12.0. The van der Waals surface area contributed by atoms with E-state index in [2.05, 4.69) is 53.9 Å². The molecule has 2 nitrogen and oxygen atoms in total. The van der Waals surface area contributed by atoms with E-state index in [1.807, 2.05) is 18.3 Å². The molecular weight excluding hydrogens is 264 g/mol. The summed E-state index contributed by atoms with van der Waals surface area (Å²) in [7, 11) is 0. The lowest BCUT2D eigenvalue weighted by atomic mass is 10.0. The lowest BCUT2D eigenvalue weighted by molar-refractivity contribution is 0.457. The molecule has 1 aromatic rings. The molecule has 0 saturated heterocycles. The van der Waals surface area contributed by atoms with Crippen LogP contribution in [0.2, 0.25) is 0 Å². The van der Waals surface area contributed by atoms with Crippen molar-refractivity contribution in [2.45, 2.75) is 27.7 Å². The van der Waals surface area contributed by atoms with Crippen molar-refractivity contribution in [2.24, 2.45) is 16.7 Å². The Labute approximate surface area is 106 Å². The fourth-order valence-electron chi connectivity index (χ4n) is 2.56. The van der Waals surface area contributed by atoms with Crippen LogP contribution in [0, 0.1) is 16.7 Å². The maximum absolute atomic E-state index is 4.32. The van der Waals surface area contributed by atoms with Gasteiger partial charge in [-0.05, 0) is 44.8 Å². The fourth-order valence-corrected chi connectivity index (χ4v) is 2.95. The topological polar surface area (TPSA) is 24.9 Å². The number of halogens is 1. The molecular formula is C13H19BrN2. The Kier molecular flexibility index (Phi) is 2.77. The molecule has 1 saturated carbocycles. The highest BCUT2D eigenvalue weighted by Gasteiger charge is 2.64. The third-order valence-corrected chi connectivity index (χ3v) is 5.19. The SMILES string of the molecule is CC1(C)C(CNc2ncccc2Br)C1(C)C. The Hall–Kier alpha value is -0.570. The maximum atomic E-state index is 4.32. The van der Waals surface area contributed by atoms with E-state index in [1.54, 1.807) is 0 Å². The molecule has 1 aromatic heterocycles. The summed E-state index contributed by atoms with van der Waals surface area (Å²) in [6, 6.07) is 3.94. The van der Waals surface area contributed by atoms with Crippen LogP contribution in [-0.4, -0.2) is 11.5 Å². The van der Waals surface area contributed by atoms with Crippen molar-refractivity contribution in [3.63, 3.8) is 0 Å². The van der Waals surface area contributed by atoms with Crippen molar-refractivity contribution < 1.29 is 0 Å². The average Bonchev–Trinajstić information content (AvgIpc) is 2.58. The summed E-state index contributed by atoms with van der Waals surface area (Å²) in [5.41, 5.74) is 0.864. The Bertz CT molecular complexity index is 385. The lowest BCUT2D eigenvalue weighted by Crippen LogP contribution is -2.09. The highest BCUT2D eigenvalue weighted by Crippen LogP contribution is 2.68. The molecule has 1 aliphatic rings. The van der Waals surface area contributed by atoms with E-state index in [1.165, 1.54) is 0 Å². The molecule has 88 valence electrons. The molecule has 16 heavy (non-hydrogen) atoms. The number of nitrogens with one attached hydrogen (secondary N) is 1. The molecule has 3 heteroatoms. The van der Waals surface area contributed by atoms with Gasteiger partial charge in [0.2, 0.25) is 0 Å². The summed E-state index contributed by atoms with van der Waals surface area (Å²) in [6.07, 6.45) is 1.82. The van der Waals surface area contributed by atoms with Gasteiger partial charge in [0.1, 0.15) is 5.82 Å². The number of hydrogen-bond donors (Lipinski definition) is 1. The maximum Gasteiger partial charge on any atom is 0.140 e. The second-order valence-corrected chi connectivity index (χ2v) is 6.57. The van der Waals surface area contributed by atoms with E-state index >= 15 is 0 Å². The summed E-state index contributed by atoms with van der Waals surface area (Å²) in [4.78, 5) is 4.32. The average molecular weight is 283 g/mol. The standard InChI is InChI=1S/C13H19BrN2/c1-12(2)10(13(12,3)4)8-16-11-9(14)6-5-7-15-11/h5-7,10H,8H2,1-4H3,(H,15,16). The van der Waals surface area contributed by atoms with Gasteiger partial charge in [-0.1, -0.05) is 27.7 Å². The smallest absolute Gasteiger partial charge is 0.140 e. The molecule has 0 radical (unpaired) electrons. The molecule has 0 atom stereocenters. The summed E-state index contributed by atoms with van der Waals surface area (Å²) >= 11 is 3.50. The molecule has 2 rings (SSSR count). The van der Waals surface area contributed by atoms with E-state index < -0.39 is 0 Å². The second kappa shape index (κ2) is 3.73. The van der Waals surface area contributed by atoms with Crippen LogP contribution >= 0.6 is 15.9 Å². The summed E-state index contributed by atoms with van der Waals surface area (Å²) < 4.78 is 1.03. The fraction of sp³-hybridized carbons (Fsp3) is 0.615. The Morgan fingerprint density at radius 2 is 1.94 bits per heavy atom. The van der Waals surface area contributed by atoms with Gasteiger partial charge in [-0.2, -0.15) is 0 Å². The molecule has 0 unspecified atom stereocenters. The second-order valence-electron chi connectivity index (χ2n) is 5.71. The largest absolute Gasteiger partial charge is 0.369 e. The molecule has 0 bridgehead atoms. The first-order valence-electron chi connectivity index (χ1n) is 5.72. The zero-order valence-electron chi connectivity index (χ0n) is 10.3. The summed E-state index contributed by atoms with van der Waals surface area (Å²) in [5.74, 6) is 1.66. The number of nitrogens with zero attached hydrogens (tertiary/aromatic N) is 1. The molecule has 1 N–H and O–H groups in total. The van der Waals surface area contributed by atoms with Gasteiger partial charge in [-0.3, -0.25) is 0 Å². The molecule has 0 aliphatic heterocycles. The molecule has 1 heterocycles. The van der Waals surface area contributed by atoms with Gasteiger partial charge >= 0.3 is 0 Å². The van der Waals surface area contributed by atoms with Crippen LogP contribution in [0.5, 0.6) is 0 Å². The van der Waals surface area contributed by atoms with Crippen molar-refractivity contribution in [3.8, 4) is 0 Å². The van der Waals surface area contributed by atoms with Crippen LogP contribution in [-0.2, 0) is 0 Å². The molecule has 1 fully saturated rings. The summed E-state index contributed by atoms with van der Waals surface area (Å²) in [6.45, 7) is 10.4. The quantitative estimate of drug-likeness (QED) is 0.909. The Morgan fingerprint density at radius 1 is 1.31 bits per heavy atom. The lowest BCUT2D eigenvalue weighted by Gasteiger charge is -2.08. The predicted molar refractivity (Wildman–Crippen MR) is 71.5 cm³/mol. The number of aromatic nitrogens is 1. The Balaban J connectivity index is 1.98. The van der Waals surface area contributed by atoms with E-state index in [4.69, 9.17) is 0 Å². The van der Waals surface area contributed by atoms with Crippen LogP contribution in [0.3, 0.4) is 0 Å².